The van der Waals surface area contributed by atoms with E-state index in [1.807, 2.05) is 57.8 Å². The van der Waals surface area contributed by atoms with Crippen molar-refractivity contribution in [1.82, 2.24) is 40.4 Å². The number of H-pyrrole nitrogens is 2. The van der Waals surface area contributed by atoms with E-state index in [9.17, 15) is 24.0 Å². The summed E-state index contributed by atoms with van der Waals surface area (Å²) in [6.45, 7) is 24.4. The second kappa shape index (κ2) is 22.5. The summed E-state index contributed by atoms with van der Waals surface area (Å²) in [5.41, 5.74) is 11.2. The number of ether oxygens (including phenoxy) is 2. The fourth-order valence-electron chi connectivity index (χ4n) is 11.6. The Morgan fingerprint density at radius 3 is 2.00 bits per heavy atom. The van der Waals surface area contributed by atoms with E-state index in [1.54, 1.807) is 4.90 Å². The van der Waals surface area contributed by atoms with Gasteiger partial charge in [-0.3, -0.25) is 14.4 Å². The molecule has 2 aliphatic heterocycles. The molecule has 2 aromatic carbocycles. The summed E-state index contributed by atoms with van der Waals surface area (Å²) in [6, 6.07) is 8.14. The van der Waals surface area contributed by atoms with Crippen LogP contribution in [0.4, 0.5) is 9.59 Å². The molecular weight excluding hydrogens is 909 g/mol. The lowest BCUT2D eigenvalue weighted by atomic mass is 9.77. The third-order valence-corrected chi connectivity index (χ3v) is 15.7. The number of aromatic nitrogens is 4. The number of allylic oxidation sites excluding steroid dienone is 5. The molecule has 1 aliphatic carbocycles. The number of carbonyl (C=O) groups is 4. The molecule has 2 saturated heterocycles. The summed E-state index contributed by atoms with van der Waals surface area (Å²) in [6.07, 6.45) is 11.4. The molecule has 0 saturated carbocycles. The molecule has 2 aromatic heterocycles. The Morgan fingerprint density at radius 1 is 0.861 bits per heavy atom. The molecule has 0 spiro atoms. The van der Waals surface area contributed by atoms with Crippen molar-refractivity contribution in [2.45, 2.75) is 151 Å². The van der Waals surface area contributed by atoms with Crippen LogP contribution in [0.3, 0.4) is 0 Å². The number of hydrogen-bond donors (Lipinski definition) is 4. The number of likely N-dealkylation sites (tertiary alicyclic amines) is 2. The SMILES string of the molecule is C=C(C(C)=C(CC)C(=CC)c1cnc(C2CCCN2C(=O)C(NC(=O)OC)C(C)C)[nH]1)c1ccc(-c2ccc3nc(C4CCCN4C(=O)C(NC(=O)OC)C(C)C)[nH]c(=O)c3c2)c2c1CC(CC)(CCC)C2. The van der Waals surface area contributed by atoms with E-state index in [4.69, 9.17) is 26.0 Å². The average Bonchev–Trinajstić information content (AvgIpc) is 4.22. The number of rotatable bonds is 17. The van der Waals surface area contributed by atoms with Crippen molar-refractivity contribution < 1.29 is 28.7 Å². The molecule has 15 nitrogen and oxygen atoms in total. The Labute approximate surface area is 424 Å². The zero-order chi connectivity index (χ0) is 52.2. The molecule has 0 radical (unpaired) electrons. The van der Waals surface area contributed by atoms with Crippen LogP contribution in [0, 0.1) is 17.3 Å². The van der Waals surface area contributed by atoms with Crippen molar-refractivity contribution in [2.75, 3.05) is 27.3 Å². The first-order valence-corrected chi connectivity index (χ1v) is 26.0. The lowest BCUT2D eigenvalue weighted by Gasteiger charge is -2.30. The van der Waals surface area contributed by atoms with Crippen LogP contribution in [0.2, 0.25) is 0 Å². The van der Waals surface area contributed by atoms with Crippen LogP contribution in [-0.2, 0) is 31.9 Å². The Kier molecular flexibility index (Phi) is 16.7. The number of nitrogens with one attached hydrogen (secondary N) is 4. The second-order valence-corrected chi connectivity index (χ2v) is 20.7. The van der Waals surface area contributed by atoms with Gasteiger partial charge < -0.3 is 39.9 Å². The van der Waals surface area contributed by atoms with Crippen molar-refractivity contribution in [3.05, 3.63) is 105 Å². The molecule has 4 N–H and O–H groups in total. The van der Waals surface area contributed by atoms with E-state index in [1.165, 1.54) is 25.3 Å². The molecule has 15 heteroatoms. The number of methoxy groups -OCH3 is 2. The first-order chi connectivity index (χ1) is 34.4. The number of hydrogen-bond acceptors (Lipinski definition) is 9. The largest absolute Gasteiger partial charge is 0.453 e. The van der Waals surface area contributed by atoms with Gasteiger partial charge in [-0.25, -0.2) is 19.6 Å². The maximum absolute atomic E-state index is 14.1. The normalized spacial score (nSPS) is 20.2. The van der Waals surface area contributed by atoms with Gasteiger partial charge in [0.15, 0.2) is 0 Å². The summed E-state index contributed by atoms with van der Waals surface area (Å²) in [7, 11) is 2.57. The monoisotopic (exact) mass is 985 g/mol. The minimum atomic E-state index is -0.782. The van der Waals surface area contributed by atoms with Crippen LogP contribution in [0.25, 0.3) is 33.2 Å². The third-order valence-electron chi connectivity index (χ3n) is 15.7. The predicted molar refractivity (Wildman–Crippen MR) is 283 cm³/mol. The number of alkyl carbamates (subject to hydrolysis) is 2. The van der Waals surface area contributed by atoms with Gasteiger partial charge in [0.25, 0.3) is 5.56 Å². The molecule has 5 unspecified atom stereocenters. The molecule has 4 aromatic rings. The standard InChI is InChI=1S/C57H76N8O7/c1-13-25-57(16-4)29-42-39(35(10)34(9)37(14-2)38(15-3)45-31-58-50(60-45)46-19-17-26-64(46)53(67)48(32(5)6)61-55(69)71-11)22-23-40(43(42)30-57)36-21-24-44-41(28-36)52(66)63-51(59-44)47-20-18-27-65(47)54(68)49(33(7)8)62-56(70)72-12/h15,21-24,28,31-33,46-49H,10,13-14,16-20,25-27,29-30H2,1-9,11-12H3,(H,58,60)(H,61,69)(H,62,70)(H,59,63,66). The van der Waals surface area contributed by atoms with E-state index in [2.05, 4.69) is 72.6 Å². The lowest BCUT2D eigenvalue weighted by Crippen LogP contribution is -2.51. The van der Waals surface area contributed by atoms with Crippen LogP contribution >= 0.6 is 0 Å². The van der Waals surface area contributed by atoms with Crippen molar-refractivity contribution in [3.8, 4) is 11.1 Å². The smallest absolute Gasteiger partial charge is 0.407 e. The van der Waals surface area contributed by atoms with E-state index < -0.39 is 30.3 Å². The summed E-state index contributed by atoms with van der Waals surface area (Å²) in [5, 5.41) is 5.91. The summed E-state index contributed by atoms with van der Waals surface area (Å²) in [4.78, 5) is 86.2. The molecule has 5 atom stereocenters. The van der Waals surface area contributed by atoms with Gasteiger partial charge in [0.1, 0.15) is 23.7 Å². The quantitative estimate of drug-likeness (QED) is 0.0746. The minimum Gasteiger partial charge on any atom is -0.453 e. The molecule has 7 rings (SSSR count). The fourth-order valence-corrected chi connectivity index (χ4v) is 11.6. The number of imidazole rings is 1. The number of fused-ring (bicyclic) bond motifs is 2. The van der Waals surface area contributed by atoms with Gasteiger partial charge in [-0.15, -0.1) is 0 Å². The van der Waals surface area contributed by atoms with Crippen LogP contribution in [0.5, 0.6) is 0 Å². The van der Waals surface area contributed by atoms with E-state index in [-0.39, 0.29) is 40.7 Å². The Bertz CT molecular complexity index is 2840. The number of nitrogens with zero attached hydrogens (tertiary/aromatic N) is 4. The number of amides is 4. The molecule has 2 fully saturated rings. The van der Waals surface area contributed by atoms with E-state index in [0.29, 0.717) is 42.1 Å². The summed E-state index contributed by atoms with van der Waals surface area (Å²) >= 11 is 0. The Morgan fingerprint density at radius 2 is 1.46 bits per heavy atom. The average molecular weight is 985 g/mol. The number of benzene rings is 2. The molecule has 4 amide bonds. The second-order valence-electron chi connectivity index (χ2n) is 20.7. The van der Waals surface area contributed by atoms with Gasteiger partial charge in [-0.05, 0) is 151 Å². The van der Waals surface area contributed by atoms with Gasteiger partial charge in [0.05, 0.1) is 49.1 Å². The Balaban J connectivity index is 1.20. The Hall–Kier alpha value is -6.51. The van der Waals surface area contributed by atoms with Gasteiger partial charge in [0.2, 0.25) is 11.8 Å². The van der Waals surface area contributed by atoms with Crippen LogP contribution in [-0.4, -0.2) is 93.1 Å². The number of carbonyl (C=O) groups excluding carboxylic acids is 4. The molecule has 0 bridgehead atoms. The van der Waals surface area contributed by atoms with Crippen LogP contribution in [0.15, 0.2) is 65.1 Å². The minimum absolute atomic E-state index is 0.0879. The molecule has 3 aliphatic rings. The highest BCUT2D eigenvalue weighted by molar-refractivity contribution is 5.91. The van der Waals surface area contributed by atoms with Crippen LogP contribution in [0.1, 0.15) is 160 Å². The molecule has 4 heterocycles. The van der Waals surface area contributed by atoms with Crippen LogP contribution < -0.4 is 16.2 Å². The highest BCUT2D eigenvalue weighted by Gasteiger charge is 2.41. The fraction of sp³-hybridized carbons (Fsp3) is 0.526. The van der Waals surface area contributed by atoms with Crippen molar-refractivity contribution in [1.29, 1.82) is 0 Å². The highest BCUT2D eigenvalue weighted by Crippen LogP contribution is 2.50. The molecular formula is C57H76N8O7. The van der Waals surface area contributed by atoms with Crippen molar-refractivity contribution in [3.63, 3.8) is 0 Å². The lowest BCUT2D eigenvalue weighted by molar-refractivity contribution is -0.136. The molecule has 386 valence electrons. The predicted octanol–water partition coefficient (Wildman–Crippen LogP) is 10.5. The number of aromatic amines is 2. The molecule has 72 heavy (non-hydrogen) atoms. The van der Waals surface area contributed by atoms with Gasteiger partial charge >= 0.3 is 12.2 Å². The van der Waals surface area contributed by atoms with Crippen molar-refractivity contribution in [2.24, 2.45) is 17.3 Å². The zero-order valence-corrected chi connectivity index (χ0v) is 44.3. The van der Waals surface area contributed by atoms with E-state index in [0.717, 1.165) is 102 Å². The first-order valence-electron chi connectivity index (χ1n) is 26.0. The maximum atomic E-state index is 14.1. The zero-order valence-electron chi connectivity index (χ0n) is 44.3. The summed E-state index contributed by atoms with van der Waals surface area (Å²) < 4.78 is 9.64. The van der Waals surface area contributed by atoms with Gasteiger partial charge in [-0.2, -0.15) is 0 Å². The van der Waals surface area contributed by atoms with Gasteiger partial charge in [-0.1, -0.05) is 85.7 Å². The first kappa shape index (κ1) is 53.3. The van der Waals surface area contributed by atoms with E-state index >= 15 is 0 Å². The third kappa shape index (κ3) is 10.5. The topological polar surface area (TPSA) is 192 Å². The van der Waals surface area contributed by atoms with Crippen molar-refractivity contribution >= 4 is 46.0 Å². The summed E-state index contributed by atoms with van der Waals surface area (Å²) in [5.74, 6) is 0.456. The highest BCUT2D eigenvalue weighted by atomic mass is 16.5. The van der Waals surface area contributed by atoms with Gasteiger partial charge in [0, 0.05) is 13.1 Å². The maximum Gasteiger partial charge on any atom is 0.407 e.